The van der Waals surface area contributed by atoms with Gasteiger partial charge in [0.2, 0.25) is 10.0 Å². The molecular formula is C16H15FN4O2S. The van der Waals surface area contributed by atoms with E-state index in [0.717, 1.165) is 22.6 Å². The van der Waals surface area contributed by atoms with Crippen molar-refractivity contribution in [3.05, 3.63) is 53.1 Å². The van der Waals surface area contributed by atoms with Crippen LogP contribution in [0, 0.1) is 12.7 Å². The van der Waals surface area contributed by atoms with Gasteiger partial charge in [-0.1, -0.05) is 6.07 Å². The molecule has 8 heteroatoms. The van der Waals surface area contributed by atoms with Crippen LogP contribution in [0.25, 0.3) is 11.0 Å². The van der Waals surface area contributed by atoms with Crippen LogP contribution < -0.4 is 0 Å². The lowest BCUT2D eigenvalue weighted by molar-refractivity contribution is 0.391. The summed E-state index contributed by atoms with van der Waals surface area (Å²) in [7, 11) is -3.76. The molecule has 0 atom stereocenters. The first-order valence-corrected chi connectivity index (χ1v) is 8.97. The second-order valence-corrected chi connectivity index (χ2v) is 7.80. The number of nitrogens with zero attached hydrogens (tertiary/aromatic N) is 3. The SMILES string of the molecule is Cc1ccc(F)cc1S(=O)(=O)N1CCc2c(cnc3[nH]ncc23)C1. The maximum Gasteiger partial charge on any atom is 0.243 e. The number of nitrogens with one attached hydrogen (secondary N) is 1. The molecule has 0 bridgehead atoms. The molecule has 0 radical (unpaired) electrons. The molecule has 1 aliphatic heterocycles. The average Bonchev–Trinajstić information content (AvgIpc) is 3.05. The summed E-state index contributed by atoms with van der Waals surface area (Å²) in [5.74, 6) is -0.557. The van der Waals surface area contributed by atoms with Crippen LogP contribution in [0.1, 0.15) is 16.7 Å². The van der Waals surface area contributed by atoms with Gasteiger partial charge in [0.05, 0.1) is 11.1 Å². The lowest BCUT2D eigenvalue weighted by atomic mass is 10.0. The molecule has 1 aliphatic rings. The molecule has 1 N–H and O–H groups in total. The van der Waals surface area contributed by atoms with Gasteiger partial charge in [0.25, 0.3) is 0 Å². The summed E-state index contributed by atoms with van der Waals surface area (Å²) in [6.07, 6.45) is 3.96. The van der Waals surface area contributed by atoms with Gasteiger partial charge in [-0.2, -0.15) is 9.40 Å². The zero-order chi connectivity index (χ0) is 16.9. The van der Waals surface area contributed by atoms with Crippen LogP contribution in [0.2, 0.25) is 0 Å². The van der Waals surface area contributed by atoms with Crippen LogP contribution in [0.15, 0.2) is 35.5 Å². The first-order chi connectivity index (χ1) is 11.5. The van der Waals surface area contributed by atoms with Crippen molar-refractivity contribution in [2.45, 2.75) is 24.8 Å². The number of sulfonamides is 1. The Hall–Kier alpha value is -2.32. The number of benzene rings is 1. The van der Waals surface area contributed by atoms with Crippen LogP contribution in [-0.4, -0.2) is 34.4 Å². The van der Waals surface area contributed by atoms with E-state index < -0.39 is 15.8 Å². The molecule has 0 fully saturated rings. The number of fused-ring (bicyclic) bond motifs is 3. The fourth-order valence-corrected chi connectivity index (χ4v) is 4.78. The maximum absolute atomic E-state index is 13.5. The minimum absolute atomic E-state index is 0.0169. The molecule has 2 aromatic heterocycles. The number of rotatable bonds is 2. The van der Waals surface area contributed by atoms with Crippen molar-refractivity contribution >= 4 is 21.1 Å². The Balaban J connectivity index is 1.75. The second kappa shape index (κ2) is 5.35. The molecule has 0 saturated carbocycles. The molecule has 1 aromatic carbocycles. The lowest BCUT2D eigenvalue weighted by Gasteiger charge is -2.28. The van der Waals surface area contributed by atoms with Crippen LogP contribution >= 0.6 is 0 Å². The van der Waals surface area contributed by atoms with E-state index in [0.29, 0.717) is 24.2 Å². The van der Waals surface area contributed by atoms with Crippen molar-refractivity contribution in [3.63, 3.8) is 0 Å². The predicted molar refractivity (Wildman–Crippen MR) is 86.3 cm³/mol. The smallest absolute Gasteiger partial charge is 0.243 e. The van der Waals surface area contributed by atoms with Gasteiger partial charge < -0.3 is 0 Å². The van der Waals surface area contributed by atoms with Gasteiger partial charge in [-0.05, 0) is 42.2 Å². The quantitative estimate of drug-likeness (QED) is 0.771. The van der Waals surface area contributed by atoms with Crippen LogP contribution in [0.5, 0.6) is 0 Å². The van der Waals surface area contributed by atoms with Gasteiger partial charge in [0.1, 0.15) is 5.82 Å². The fourth-order valence-electron chi connectivity index (χ4n) is 3.13. The molecule has 0 aliphatic carbocycles. The van der Waals surface area contributed by atoms with Crippen molar-refractivity contribution in [1.82, 2.24) is 19.5 Å². The number of H-pyrrole nitrogens is 1. The highest BCUT2D eigenvalue weighted by Gasteiger charge is 2.30. The summed E-state index contributed by atoms with van der Waals surface area (Å²) in [6, 6.07) is 3.83. The zero-order valence-electron chi connectivity index (χ0n) is 13.0. The van der Waals surface area contributed by atoms with Crippen molar-refractivity contribution in [2.24, 2.45) is 0 Å². The van der Waals surface area contributed by atoms with E-state index in [-0.39, 0.29) is 11.4 Å². The first kappa shape index (κ1) is 15.2. The Bertz CT molecular complexity index is 1050. The highest BCUT2D eigenvalue weighted by Crippen LogP contribution is 2.29. The Morgan fingerprint density at radius 2 is 2.12 bits per heavy atom. The third-order valence-corrected chi connectivity index (χ3v) is 6.39. The molecule has 0 spiro atoms. The van der Waals surface area contributed by atoms with Crippen LogP contribution in [0.3, 0.4) is 0 Å². The topological polar surface area (TPSA) is 79.0 Å². The van der Waals surface area contributed by atoms with Crippen molar-refractivity contribution < 1.29 is 12.8 Å². The maximum atomic E-state index is 13.5. The van der Waals surface area contributed by atoms with Gasteiger partial charge in [-0.15, -0.1) is 0 Å². The summed E-state index contributed by atoms with van der Waals surface area (Å²) < 4.78 is 40.7. The van der Waals surface area contributed by atoms with Crippen LogP contribution in [-0.2, 0) is 23.0 Å². The fraction of sp³-hybridized carbons (Fsp3) is 0.250. The minimum atomic E-state index is -3.76. The summed E-state index contributed by atoms with van der Waals surface area (Å²) in [4.78, 5) is 4.29. The largest absolute Gasteiger partial charge is 0.261 e. The Morgan fingerprint density at radius 3 is 2.96 bits per heavy atom. The molecule has 0 unspecified atom stereocenters. The standard InChI is InChI=1S/C16H15FN4O2S/c1-10-2-3-12(17)6-15(10)24(22,23)21-5-4-13-11(9-21)7-18-16-14(13)8-19-20-16/h2-3,6-8H,4-5,9H2,1H3,(H,18,19,20). The molecular weight excluding hydrogens is 331 g/mol. The van der Waals surface area contributed by atoms with E-state index in [1.807, 2.05) is 0 Å². The van der Waals surface area contributed by atoms with E-state index in [1.165, 1.54) is 16.4 Å². The number of aromatic nitrogens is 3. The Kier molecular flexibility index (Phi) is 3.40. The van der Waals surface area contributed by atoms with E-state index >= 15 is 0 Å². The van der Waals surface area contributed by atoms with E-state index in [4.69, 9.17) is 0 Å². The number of hydrogen-bond donors (Lipinski definition) is 1. The summed E-state index contributed by atoms with van der Waals surface area (Å²) >= 11 is 0. The monoisotopic (exact) mass is 346 g/mol. The van der Waals surface area contributed by atoms with Crippen molar-refractivity contribution in [3.8, 4) is 0 Å². The lowest BCUT2D eigenvalue weighted by Crippen LogP contribution is -2.36. The molecule has 3 aromatic rings. The van der Waals surface area contributed by atoms with Gasteiger partial charge in [-0.25, -0.2) is 17.8 Å². The van der Waals surface area contributed by atoms with Gasteiger partial charge in [0.15, 0.2) is 5.65 Å². The molecule has 6 nitrogen and oxygen atoms in total. The van der Waals surface area contributed by atoms with E-state index in [2.05, 4.69) is 15.2 Å². The number of aryl methyl sites for hydroxylation is 1. The van der Waals surface area contributed by atoms with Crippen molar-refractivity contribution in [1.29, 1.82) is 0 Å². The molecule has 24 heavy (non-hydrogen) atoms. The molecule has 124 valence electrons. The molecule has 4 rings (SSSR count). The Morgan fingerprint density at radius 1 is 1.29 bits per heavy atom. The second-order valence-electron chi connectivity index (χ2n) is 5.89. The highest BCUT2D eigenvalue weighted by atomic mass is 32.2. The van der Waals surface area contributed by atoms with Gasteiger partial charge in [-0.3, -0.25) is 5.10 Å². The van der Waals surface area contributed by atoms with Crippen molar-refractivity contribution in [2.75, 3.05) is 6.54 Å². The van der Waals surface area contributed by atoms with Gasteiger partial charge in [0, 0.05) is 24.7 Å². The number of hydrogen-bond acceptors (Lipinski definition) is 4. The normalized spacial score (nSPS) is 15.6. The van der Waals surface area contributed by atoms with Crippen LogP contribution in [0.4, 0.5) is 4.39 Å². The average molecular weight is 346 g/mol. The van der Waals surface area contributed by atoms with E-state index in [9.17, 15) is 12.8 Å². The molecule has 0 saturated heterocycles. The third-order valence-electron chi connectivity index (χ3n) is 4.41. The minimum Gasteiger partial charge on any atom is -0.261 e. The zero-order valence-corrected chi connectivity index (χ0v) is 13.8. The number of halogens is 1. The molecule has 0 amide bonds. The van der Waals surface area contributed by atoms with Gasteiger partial charge >= 0.3 is 0 Å². The number of aromatic amines is 1. The Labute approximate surface area is 138 Å². The summed E-state index contributed by atoms with van der Waals surface area (Å²) in [5, 5.41) is 7.72. The first-order valence-electron chi connectivity index (χ1n) is 7.53. The summed E-state index contributed by atoms with van der Waals surface area (Å²) in [6.45, 7) is 2.23. The predicted octanol–water partition coefficient (Wildman–Crippen LogP) is 2.15. The molecule has 3 heterocycles. The third kappa shape index (κ3) is 2.30. The highest BCUT2D eigenvalue weighted by molar-refractivity contribution is 7.89. The number of pyridine rings is 1. The summed E-state index contributed by atoms with van der Waals surface area (Å²) in [5.41, 5.74) is 3.15. The van der Waals surface area contributed by atoms with E-state index in [1.54, 1.807) is 19.3 Å².